The van der Waals surface area contributed by atoms with E-state index in [-0.39, 0.29) is 5.91 Å². The molecular weight excluding hydrogens is 282 g/mol. The van der Waals surface area contributed by atoms with Gasteiger partial charge in [0.05, 0.1) is 6.42 Å². The number of carbonyl (C=O) groups excluding carboxylic acids is 1. The Morgan fingerprint density at radius 3 is 2.05 bits per heavy atom. The van der Waals surface area contributed by atoms with Crippen molar-refractivity contribution in [1.82, 2.24) is 0 Å². The zero-order valence-electron chi connectivity index (χ0n) is 12.1. The maximum atomic E-state index is 11.2. The average molecular weight is 299 g/mol. The summed E-state index contributed by atoms with van der Waals surface area (Å²) in [5.74, 6) is -1.30. The van der Waals surface area contributed by atoms with Crippen molar-refractivity contribution in [3.05, 3.63) is 65.7 Å². The molecule has 0 radical (unpaired) electrons. The van der Waals surface area contributed by atoms with Crippen LogP contribution in [-0.2, 0) is 15.2 Å². The van der Waals surface area contributed by atoms with E-state index in [1.165, 1.54) is 6.92 Å². The van der Waals surface area contributed by atoms with Crippen molar-refractivity contribution in [2.45, 2.75) is 18.9 Å². The third-order valence-corrected chi connectivity index (χ3v) is 3.34. The maximum Gasteiger partial charge on any atom is 0.306 e. The molecule has 0 saturated carbocycles. The lowest BCUT2D eigenvalue weighted by atomic mass is 9.83. The standard InChI is InChI=1S/C17H17NO4/c1-12(19)18-15-9-7-14(8-10-15)17(22,11-16(20)21)13-5-3-2-4-6-13/h2-10,22H,11H2,1H3,(H,18,19)(H,20,21)/t17-/m1/s1. The van der Waals surface area contributed by atoms with E-state index in [1.807, 2.05) is 0 Å². The first-order chi connectivity index (χ1) is 10.4. The van der Waals surface area contributed by atoms with Crippen molar-refractivity contribution in [1.29, 1.82) is 0 Å². The number of hydrogen-bond donors (Lipinski definition) is 3. The highest BCUT2D eigenvalue weighted by molar-refractivity contribution is 5.88. The molecule has 1 atom stereocenters. The molecule has 0 fully saturated rings. The van der Waals surface area contributed by atoms with Crippen molar-refractivity contribution >= 4 is 17.6 Å². The number of aliphatic hydroxyl groups is 1. The van der Waals surface area contributed by atoms with E-state index in [4.69, 9.17) is 5.11 Å². The van der Waals surface area contributed by atoms with Crippen LogP contribution >= 0.6 is 0 Å². The number of benzene rings is 2. The van der Waals surface area contributed by atoms with Crippen LogP contribution in [0.15, 0.2) is 54.6 Å². The molecule has 0 aliphatic rings. The molecule has 22 heavy (non-hydrogen) atoms. The van der Waals surface area contributed by atoms with E-state index in [9.17, 15) is 14.7 Å². The van der Waals surface area contributed by atoms with Gasteiger partial charge in [0.1, 0.15) is 5.60 Å². The van der Waals surface area contributed by atoms with Crippen LogP contribution in [0.3, 0.4) is 0 Å². The molecule has 0 heterocycles. The number of nitrogens with one attached hydrogen (secondary N) is 1. The van der Waals surface area contributed by atoms with Gasteiger partial charge >= 0.3 is 5.97 Å². The molecule has 0 bridgehead atoms. The average Bonchev–Trinajstić information content (AvgIpc) is 2.47. The molecular formula is C17H17NO4. The highest BCUT2D eigenvalue weighted by atomic mass is 16.4. The van der Waals surface area contributed by atoms with Gasteiger partial charge in [-0.05, 0) is 23.3 Å². The van der Waals surface area contributed by atoms with E-state index < -0.39 is 18.0 Å². The predicted molar refractivity (Wildman–Crippen MR) is 82.4 cm³/mol. The smallest absolute Gasteiger partial charge is 0.306 e. The summed E-state index contributed by atoms with van der Waals surface area (Å²) in [7, 11) is 0. The van der Waals surface area contributed by atoms with Gasteiger partial charge in [-0.2, -0.15) is 0 Å². The first-order valence-corrected chi connectivity index (χ1v) is 6.79. The lowest BCUT2D eigenvalue weighted by Crippen LogP contribution is -2.30. The van der Waals surface area contributed by atoms with Crippen LogP contribution in [0, 0.1) is 0 Å². The number of aliphatic carboxylic acids is 1. The lowest BCUT2D eigenvalue weighted by Gasteiger charge is -2.28. The Kier molecular flexibility index (Phi) is 4.58. The first kappa shape index (κ1) is 15.7. The molecule has 0 aliphatic heterocycles. The minimum atomic E-state index is -1.62. The van der Waals surface area contributed by atoms with Crippen LogP contribution < -0.4 is 5.32 Å². The molecule has 0 saturated heterocycles. The second-order valence-corrected chi connectivity index (χ2v) is 5.06. The van der Waals surface area contributed by atoms with E-state index in [0.29, 0.717) is 16.8 Å². The van der Waals surface area contributed by atoms with Crippen LogP contribution in [0.2, 0.25) is 0 Å². The number of amides is 1. The van der Waals surface area contributed by atoms with Gasteiger partial charge in [0.15, 0.2) is 0 Å². The Morgan fingerprint density at radius 1 is 1.00 bits per heavy atom. The quantitative estimate of drug-likeness (QED) is 0.791. The van der Waals surface area contributed by atoms with Gasteiger partial charge in [0.2, 0.25) is 5.91 Å². The van der Waals surface area contributed by atoms with Gasteiger partial charge in [-0.25, -0.2) is 0 Å². The van der Waals surface area contributed by atoms with Gasteiger partial charge in [-0.15, -0.1) is 0 Å². The van der Waals surface area contributed by atoms with Gasteiger partial charge in [0, 0.05) is 12.6 Å². The van der Waals surface area contributed by atoms with E-state index in [1.54, 1.807) is 54.6 Å². The van der Waals surface area contributed by atoms with Crippen molar-refractivity contribution in [3.63, 3.8) is 0 Å². The molecule has 0 spiro atoms. The van der Waals surface area contributed by atoms with Gasteiger partial charge in [-0.3, -0.25) is 9.59 Å². The number of anilines is 1. The first-order valence-electron chi connectivity index (χ1n) is 6.79. The number of carboxylic acids is 1. The van der Waals surface area contributed by atoms with Crippen LogP contribution in [0.5, 0.6) is 0 Å². The van der Waals surface area contributed by atoms with Crippen molar-refractivity contribution in [3.8, 4) is 0 Å². The minimum absolute atomic E-state index is 0.198. The Hall–Kier alpha value is -2.66. The van der Waals surface area contributed by atoms with Crippen molar-refractivity contribution < 1.29 is 19.8 Å². The normalized spacial score (nSPS) is 13.2. The zero-order valence-corrected chi connectivity index (χ0v) is 12.1. The summed E-state index contributed by atoms with van der Waals surface area (Å²) in [5.41, 5.74) is -0.0798. The summed E-state index contributed by atoms with van der Waals surface area (Å²) < 4.78 is 0. The highest BCUT2D eigenvalue weighted by Gasteiger charge is 2.34. The molecule has 0 aliphatic carbocycles. The van der Waals surface area contributed by atoms with Crippen molar-refractivity contribution in [2.75, 3.05) is 5.32 Å². The van der Waals surface area contributed by atoms with Gasteiger partial charge in [0.25, 0.3) is 0 Å². The Labute approximate surface area is 128 Å². The largest absolute Gasteiger partial charge is 0.481 e. The Bertz CT molecular complexity index is 667. The molecule has 2 rings (SSSR count). The fraction of sp³-hybridized carbons (Fsp3) is 0.176. The lowest BCUT2D eigenvalue weighted by molar-refractivity contribution is -0.141. The predicted octanol–water partition coefficient (Wildman–Crippen LogP) is 2.36. The zero-order chi connectivity index (χ0) is 16.2. The highest BCUT2D eigenvalue weighted by Crippen LogP contribution is 2.33. The molecule has 2 aromatic rings. The molecule has 2 aromatic carbocycles. The molecule has 0 unspecified atom stereocenters. The fourth-order valence-electron chi connectivity index (χ4n) is 2.34. The molecule has 0 aromatic heterocycles. The van der Waals surface area contributed by atoms with E-state index in [2.05, 4.69) is 5.32 Å². The molecule has 1 amide bonds. The summed E-state index contributed by atoms with van der Waals surface area (Å²) in [6.07, 6.45) is -0.448. The second kappa shape index (κ2) is 6.41. The van der Waals surface area contributed by atoms with Gasteiger partial charge in [-0.1, -0.05) is 42.5 Å². The van der Waals surface area contributed by atoms with E-state index >= 15 is 0 Å². The summed E-state index contributed by atoms with van der Waals surface area (Å²) in [6, 6.07) is 15.1. The van der Waals surface area contributed by atoms with Crippen LogP contribution in [0.1, 0.15) is 24.5 Å². The van der Waals surface area contributed by atoms with Crippen LogP contribution in [0.25, 0.3) is 0 Å². The number of carboxylic acid groups (broad SMARTS) is 1. The molecule has 5 nitrogen and oxygen atoms in total. The molecule has 3 N–H and O–H groups in total. The van der Waals surface area contributed by atoms with Gasteiger partial charge < -0.3 is 15.5 Å². The third-order valence-electron chi connectivity index (χ3n) is 3.34. The Balaban J connectivity index is 2.41. The minimum Gasteiger partial charge on any atom is -0.481 e. The van der Waals surface area contributed by atoms with Crippen molar-refractivity contribution in [2.24, 2.45) is 0 Å². The number of hydrogen-bond acceptors (Lipinski definition) is 3. The summed E-state index contributed by atoms with van der Waals surface area (Å²) in [5, 5.41) is 22.7. The number of rotatable bonds is 5. The summed E-state index contributed by atoms with van der Waals surface area (Å²) in [4.78, 5) is 22.2. The van der Waals surface area contributed by atoms with Crippen LogP contribution in [-0.4, -0.2) is 22.1 Å². The molecule has 5 heteroatoms. The summed E-state index contributed by atoms with van der Waals surface area (Å²) >= 11 is 0. The van der Waals surface area contributed by atoms with E-state index in [0.717, 1.165) is 0 Å². The second-order valence-electron chi connectivity index (χ2n) is 5.06. The SMILES string of the molecule is CC(=O)Nc1ccc([C@@](O)(CC(=O)O)c2ccccc2)cc1. The third kappa shape index (κ3) is 3.51. The number of carbonyl (C=O) groups is 2. The summed E-state index contributed by atoms with van der Waals surface area (Å²) in [6.45, 7) is 1.40. The Morgan fingerprint density at radius 2 is 1.55 bits per heavy atom. The van der Waals surface area contributed by atoms with Crippen LogP contribution in [0.4, 0.5) is 5.69 Å². The monoisotopic (exact) mass is 299 g/mol. The maximum absolute atomic E-state index is 11.2. The fourth-order valence-corrected chi connectivity index (χ4v) is 2.34. The molecule has 114 valence electrons. The topological polar surface area (TPSA) is 86.6 Å².